The van der Waals surface area contributed by atoms with Crippen LogP contribution < -0.4 is 0 Å². The molecule has 0 N–H and O–H groups in total. The second-order valence-corrected chi connectivity index (χ2v) is 2.62. The number of ether oxygens (including phenoxy) is 1. The minimum Gasteiger partial charge on any atom is -0.368 e. The van der Waals surface area contributed by atoms with Crippen LogP contribution in [0.4, 0.5) is 0 Å². The van der Waals surface area contributed by atoms with Gasteiger partial charge in [0.2, 0.25) is 0 Å². The highest BCUT2D eigenvalue weighted by Crippen LogP contribution is 2.18. The van der Waals surface area contributed by atoms with Crippen molar-refractivity contribution in [3.8, 4) is 0 Å². The van der Waals surface area contributed by atoms with E-state index in [-0.39, 0.29) is 0 Å². The minimum atomic E-state index is 0.389. The van der Waals surface area contributed by atoms with Gasteiger partial charge in [-0.2, -0.15) is 0 Å². The van der Waals surface area contributed by atoms with Crippen LogP contribution in [0.2, 0.25) is 0 Å². The average molecular weight is 159 g/mol. The van der Waals surface area contributed by atoms with Gasteiger partial charge >= 0.3 is 0 Å². The molecule has 1 fully saturated rings. The minimum absolute atomic E-state index is 0.389. The second kappa shape index (κ2) is 3.79. The van der Waals surface area contributed by atoms with Gasteiger partial charge in [-0.05, 0) is 12.5 Å². The molecule has 0 amide bonds. The molecule has 0 bridgehead atoms. The maximum atomic E-state index is 5.43. The molecule has 56 valence electrons. The molecule has 1 heterocycles. The maximum Gasteiger partial charge on any atom is 0.102 e. The average Bonchev–Trinajstić information content (AvgIpc) is 2.69. The Bertz CT molecular complexity index is 157. The van der Waals surface area contributed by atoms with E-state index >= 15 is 0 Å². The van der Waals surface area contributed by atoms with E-state index in [1.54, 1.807) is 0 Å². The smallest absolute Gasteiger partial charge is 0.102 e. The van der Waals surface area contributed by atoms with Gasteiger partial charge in [0.05, 0.1) is 6.61 Å². The van der Waals surface area contributed by atoms with Crippen molar-refractivity contribution in [1.82, 2.24) is 0 Å². The summed E-state index contributed by atoms with van der Waals surface area (Å²) in [6, 6.07) is 0. The normalized spacial score (nSPS) is 25.8. The molecule has 0 aromatic heterocycles. The van der Waals surface area contributed by atoms with Crippen LogP contribution in [-0.2, 0) is 4.74 Å². The predicted octanol–water partition coefficient (Wildman–Crippen LogP) is 2.13. The Morgan fingerprint density at radius 1 is 1.80 bits per heavy atom. The van der Waals surface area contributed by atoms with Gasteiger partial charge in [0, 0.05) is 5.88 Å². The molecule has 1 aliphatic heterocycles. The Morgan fingerprint density at radius 3 is 3.00 bits per heavy atom. The molecule has 2 heteroatoms. The molecule has 1 atom stereocenters. The Labute approximate surface area is 66.3 Å². The van der Waals surface area contributed by atoms with Crippen LogP contribution >= 0.6 is 11.6 Å². The quantitative estimate of drug-likeness (QED) is 0.348. The van der Waals surface area contributed by atoms with E-state index in [1.807, 2.05) is 18.2 Å². The van der Waals surface area contributed by atoms with Crippen molar-refractivity contribution in [3.05, 3.63) is 23.8 Å². The topological polar surface area (TPSA) is 12.5 Å². The number of hydrogen-bond donors (Lipinski definition) is 0. The number of rotatable bonds is 3. The van der Waals surface area contributed by atoms with Gasteiger partial charge in [0.15, 0.2) is 0 Å². The zero-order chi connectivity index (χ0) is 7.40. The second-order valence-electron chi connectivity index (χ2n) is 2.32. The van der Waals surface area contributed by atoms with Crippen molar-refractivity contribution in [3.63, 3.8) is 0 Å². The van der Waals surface area contributed by atoms with E-state index in [4.69, 9.17) is 16.3 Å². The van der Waals surface area contributed by atoms with Crippen molar-refractivity contribution in [1.29, 1.82) is 0 Å². The Morgan fingerprint density at radius 2 is 2.50 bits per heavy atom. The molecule has 0 aliphatic carbocycles. The summed E-state index contributed by atoms with van der Waals surface area (Å²) in [6.07, 6.45) is 6.30. The van der Waals surface area contributed by atoms with E-state index < -0.39 is 0 Å². The van der Waals surface area contributed by atoms with Crippen molar-refractivity contribution in [2.24, 2.45) is 0 Å². The number of epoxide rings is 1. The predicted molar refractivity (Wildman–Crippen MR) is 43.4 cm³/mol. The molecular weight excluding hydrogens is 148 g/mol. The number of alkyl halides is 1. The molecule has 0 unspecified atom stereocenters. The SMILES string of the molecule is CC(=CC=CCCl)[C@@H]1CO1. The Hall–Kier alpha value is -0.270. The highest BCUT2D eigenvalue weighted by atomic mass is 35.5. The number of halogens is 1. The summed E-state index contributed by atoms with van der Waals surface area (Å²) < 4.78 is 5.07. The monoisotopic (exact) mass is 158 g/mol. The summed E-state index contributed by atoms with van der Waals surface area (Å²) in [4.78, 5) is 0. The molecule has 0 saturated carbocycles. The lowest BCUT2D eigenvalue weighted by atomic mass is 10.2. The first-order valence-electron chi connectivity index (χ1n) is 3.35. The van der Waals surface area contributed by atoms with E-state index in [0.717, 1.165) is 6.61 Å². The molecule has 0 radical (unpaired) electrons. The Balaban J connectivity index is 2.29. The zero-order valence-corrected chi connectivity index (χ0v) is 6.77. The third-order valence-electron chi connectivity index (χ3n) is 1.43. The first kappa shape index (κ1) is 7.83. The molecule has 1 aliphatic rings. The number of hydrogen-bond acceptors (Lipinski definition) is 1. The molecule has 0 aromatic rings. The van der Waals surface area contributed by atoms with Crippen LogP contribution in [0.15, 0.2) is 23.8 Å². The highest BCUT2D eigenvalue weighted by molar-refractivity contribution is 6.18. The summed E-state index contributed by atoms with van der Waals surface area (Å²) in [5, 5.41) is 0. The third kappa shape index (κ3) is 2.54. The van der Waals surface area contributed by atoms with Crippen LogP contribution in [0, 0.1) is 0 Å². The largest absolute Gasteiger partial charge is 0.368 e. The van der Waals surface area contributed by atoms with Crippen molar-refractivity contribution >= 4 is 11.6 Å². The summed E-state index contributed by atoms with van der Waals surface area (Å²) in [6.45, 7) is 2.95. The van der Waals surface area contributed by atoms with E-state index in [9.17, 15) is 0 Å². The van der Waals surface area contributed by atoms with Crippen molar-refractivity contribution in [2.45, 2.75) is 13.0 Å². The van der Waals surface area contributed by atoms with Crippen LogP contribution in [0.25, 0.3) is 0 Å². The zero-order valence-electron chi connectivity index (χ0n) is 6.01. The fourth-order valence-corrected chi connectivity index (χ4v) is 0.792. The number of allylic oxidation sites excluding steroid dienone is 3. The van der Waals surface area contributed by atoms with Crippen LogP contribution in [0.1, 0.15) is 6.92 Å². The third-order valence-corrected chi connectivity index (χ3v) is 1.60. The van der Waals surface area contributed by atoms with Gasteiger partial charge in [-0.15, -0.1) is 11.6 Å². The molecular formula is C8H11ClO. The summed E-state index contributed by atoms with van der Waals surface area (Å²) in [5.74, 6) is 0.579. The summed E-state index contributed by atoms with van der Waals surface area (Å²) >= 11 is 5.43. The van der Waals surface area contributed by atoms with E-state index in [1.165, 1.54) is 5.57 Å². The lowest BCUT2D eigenvalue weighted by molar-refractivity contribution is 0.432. The molecule has 1 rings (SSSR count). The molecule has 10 heavy (non-hydrogen) atoms. The van der Waals surface area contributed by atoms with Crippen LogP contribution in [0.3, 0.4) is 0 Å². The maximum absolute atomic E-state index is 5.43. The van der Waals surface area contributed by atoms with Gasteiger partial charge < -0.3 is 4.74 Å². The van der Waals surface area contributed by atoms with Crippen LogP contribution in [-0.4, -0.2) is 18.6 Å². The van der Waals surface area contributed by atoms with Crippen LogP contribution in [0.5, 0.6) is 0 Å². The van der Waals surface area contributed by atoms with Gasteiger partial charge in [0.1, 0.15) is 6.10 Å². The van der Waals surface area contributed by atoms with E-state index in [2.05, 4.69) is 6.92 Å². The van der Waals surface area contributed by atoms with Crippen molar-refractivity contribution in [2.75, 3.05) is 12.5 Å². The summed E-state index contributed by atoms with van der Waals surface area (Å²) in [7, 11) is 0. The highest BCUT2D eigenvalue weighted by Gasteiger charge is 2.23. The fraction of sp³-hybridized carbons (Fsp3) is 0.500. The summed E-state index contributed by atoms with van der Waals surface area (Å²) in [5.41, 5.74) is 1.28. The molecule has 1 nitrogen and oxygen atoms in total. The van der Waals surface area contributed by atoms with Gasteiger partial charge in [-0.25, -0.2) is 0 Å². The lowest BCUT2D eigenvalue weighted by Gasteiger charge is -1.87. The first-order chi connectivity index (χ1) is 4.84. The first-order valence-corrected chi connectivity index (χ1v) is 3.89. The van der Waals surface area contributed by atoms with E-state index in [0.29, 0.717) is 12.0 Å². The van der Waals surface area contributed by atoms with Crippen molar-refractivity contribution < 1.29 is 4.74 Å². The molecule has 1 saturated heterocycles. The standard InChI is InChI=1S/C8H11ClO/c1-7(8-6-10-8)4-2-3-5-9/h2-4,8H,5-6H2,1H3/t8-/m0/s1. The van der Waals surface area contributed by atoms with Gasteiger partial charge in [-0.1, -0.05) is 18.2 Å². The lowest BCUT2D eigenvalue weighted by Crippen LogP contribution is -1.84. The Kier molecular flexibility index (Phi) is 2.97. The molecule has 0 spiro atoms. The molecule has 0 aromatic carbocycles. The van der Waals surface area contributed by atoms with Gasteiger partial charge in [-0.3, -0.25) is 0 Å². The fourth-order valence-electron chi connectivity index (χ4n) is 0.690. The van der Waals surface area contributed by atoms with Gasteiger partial charge in [0.25, 0.3) is 0 Å².